The van der Waals surface area contributed by atoms with E-state index in [1.807, 2.05) is 0 Å². The number of hydrogen-bond acceptors (Lipinski definition) is 4. The number of thiazole rings is 1. The number of carbonyl (C=O) groups excluding carboxylic acids is 1. The zero-order valence-corrected chi connectivity index (χ0v) is 9.05. The molecule has 15 heavy (non-hydrogen) atoms. The lowest BCUT2D eigenvalue weighted by Crippen LogP contribution is -2.28. The highest BCUT2D eigenvalue weighted by atomic mass is 32.1. The summed E-state index contributed by atoms with van der Waals surface area (Å²) in [5, 5.41) is 11.1. The maximum absolute atomic E-state index is 11.4. The van der Waals surface area contributed by atoms with E-state index < -0.39 is 10.8 Å². The number of amides is 1. The number of hydrogen-bond donors (Lipinski definition) is 2. The van der Waals surface area contributed by atoms with Gasteiger partial charge in [-0.15, -0.1) is 0 Å². The molecule has 0 radical (unpaired) electrons. The quantitative estimate of drug-likeness (QED) is 0.743. The largest absolute Gasteiger partial charge is 0.477 e. The van der Waals surface area contributed by atoms with Gasteiger partial charge in [0.05, 0.1) is 0 Å². The van der Waals surface area contributed by atoms with Gasteiger partial charge in [-0.2, -0.15) is 0 Å². The van der Waals surface area contributed by atoms with Crippen LogP contribution in [-0.2, 0) is 11.3 Å². The van der Waals surface area contributed by atoms with E-state index in [2.05, 4.69) is 5.32 Å². The molecule has 1 aromatic rings. The van der Waals surface area contributed by atoms with Gasteiger partial charge >= 0.3 is 10.8 Å². The summed E-state index contributed by atoms with van der Waals surface area (Å²) in [5.74, 6) is -1.49. The third-order valence-corrected chi connectivity index (χ3v) is 2.99. The molecule has 0 saturated heterocycles. The summed E-state index contributed by atoms with van der Waals surface area (Å²) < 4.78 is 1.15. The number of likely N-dealkylation sites (N-methyl/N-ethyl adjacent to an activating group) is 1. The van der Waals surface area contributed by atoms with Crippen LogP contribution in [0.5, 0.6) is 0 Å². The molecular formula is C8H10N2O4S. The van der Waals surface area contributed by atoms with Gasteiger partial charge in [-0.1, -0.05) is 11.3 Å². The standard InChI is InChI=1S/C8H10N2O4S/c1-4-6(7(12)13)15-8(14)10(4)3-5(11)9-2/h3H2,1-2H3,(H,9,11)(H,12,13). The molecule has 0 aliphatic heterocycles. The zero-order chi connectivity index (χ0) is 11.6. The molecule has 0 atom stereocenters. The Hall–Kier alpha value is -1.63. The summed E-state index contributed by atoms with van der Waals surface area (Å²) in [7, 11) is 1.45. The second kappa shape index (κ2) is 4.26. The molecule has 1 rings (SSSR count). The molecule has 2 N–H and O–H groups in total. The van der Waals surface area contributed by atoms with E-state index in [4.69, 9.17) is 5.11 Å². The summed E-state index contributed by atoms with van der Waals surface area (Å²) in [6, 6.07) is 0. The first kappa shape index (κ1) is 11.4. The monoisotopic (exact) mass is 230 g/mol. The second-order valence-electron chi connectivity index (χ2n) is 2.85. The Morgan fingerprint density at radius 3 is 2.53 bits per heavy atom. The number of carboxylic acids is 1. The molecule has 0 unspecified atom stereocenters. The van der Waals surface area contributed by atoms with Crippen molar-refractivity contribution in [1.29, 1.82) is 0 Å². The highest BCUT2D eigenvalue weighted by molar-refractivity contribution is 7.11. The molecule has 0 aliphatic rings. The normalized spacial score (nSPS) is 10.0. The van der Waals surface area contributed by atoms with Crippen molar-refractivity contribution in [2.75, 3.05) is 7.05 Å². The van der Waals surface area contributed by atoms with Gasteiger partial charge in [-0.05, 0) is 6.92 Å². The predicted molar refractivity (Wildman–Crippen MR) is 54.3 cm³/mol. The number of aromatic carboxylic acids is 1. The van der Waals surface area contributed by atoms with Gasteiger partial charge in [0.2, 0.25) is 5.91 Å². The van der Waals surface area contributed by atoms with Crippen LogP contribution in [0.15, 0.2) is 4.79 Å². The summed E-state index contributed by atoms with van der Waals surface area (Å²) in [6.45, 7) is 1.36. The average Bonchev–Trinajstić information content (AvgIpc) is 2.45. The summed E-state index contributed by atoms with van der Waals surface area (Å²) >= 11 is 0.629. The Morgan fingerprint density at radius 1 is 1.53 bits per heavy atom. The van der Waals surface area contributed by atoms with E-state index in [0.29, 0.717) is 17.0 Å². The molecule has 1 amide bonds. The lowest BCUT2D eigenvalue weighted by molar-refractivity contribution is -0.121. The molecule has 1 heterocycles. The Balaban J connectivity index is 3.14. The van der Waals surface area contributed by atoms with Crippen LogP contribution in [0.1, 0.15) is 15.4 Å². The number of carbonyl (C=O) groups is 2. The van der Waals surface area contributed by atoms with Crippen LogP contribution < -0.4 is 10.2 Å². The van der Waals surface area contributed by atoms with E-state index in [1.165, 1.54) is 14.0 Å². The molecule has 0 bridgehead atoms. The van der Waals surface area contributed by atoms with Crippen LogP contribution >= 0.6 is 11.3 Å². The van der Waals surface area contributed by atoms with Crippen LogP contribution in [0, 0.1) is 6.92 Å². The van der Waals surface area contributed by atoms with Crippen LogP contribution in [0.4, 0.5) is 0 Å². The van der Waals surface area contributed by atoms with E-state index in [-0.39, 0.29) is 17.3 Å². The Kier molecular flexibility index (Phi) is 3.25. The molecule has 0 saturated carbocycles. The van der Waals surface area contributed by atoms with E-state index in [1.54, 1.807) is 0 Å². The Labute approximate surface area is 89.2 Å². The molecule has 82 valence electrons. The molecule has 0 aliphatic carbocycles. The minimum absolute atomic E-state index is 0.0242. The van der Waals surface area contributed by atoms with Crippen molar-refractivity contribution in [3.05, 3.63) is 20.2 Å². The third kappa shape index (κ3) is 2.24. The minimum atomic E-state index is -1.15. The van der Waals surface area contributed by atoms with Crippen molar-refractivity contribution >= 4 is 23.2 Å². The Morgan fingerprint density at radius 2 is 2.13 bits per heavy atom. The van der Waals surface area contributed by atoms with Crippen molar-refractivity contribution in [2.45, 2.75) is 13.5 Å². The fourth-order valence-corrected chi connectivity index (χ4v) is 1.91. The first-order valence-electron chi connectivity index (χ1n) is 4.11. The van der Waals surface area contributed by atoms with Crippen LogP contribution in [-0.4, -0.2) is 28.6 Å². The third-order valence-electron chi connectivity index (χ3n) is 1.92. The number of rotatable bonds is 3. The zero-order valence-electron chi connectivity index (χ0n) is 8.23. The molecule has 0 aromatic carbocycles. The summed E-state index contributed by atoms with van der Waals surface area (Å²) in [5.41, 5.74) is 0.307. The van der Waals surface area contributed by atoms with Crippen molar-refractivity contribution < 1.29 is 14.7 Å². The Bertz CT molecular complexity index is 460. The van der Waals surface area contributed by atoms with Gasteiger partial charge in [0.15, 0.2) is 0 Å². The van der Waals surface area contributed by atoms with Crippen molar-refractivity contribution in [3.63, 3.8) is 0 Å². The SMILES string of the molecule is CNC(=O)Cn1c(C)c(C(=O)O)sc1=O. The molecule has 6 nitrogen and oxygen atoms in total. The van der Waals surface area contributed by atoms with Crippen molar-refractivity contribution in [1.82, 2.24) is 9.88 Å². The second-order valence-corrected chi connectivity index (χ2v) is 3.81. The summed E-state index contributed by atoms with van der Waals surface area (Å²) in [4.78, 5) is 32.6. The van der Waals surface area contributed by atoms with Crippen LogP contribution in [0.3, 0.4) is 0 Å². The van der Waals surface area contributed by atoms with E-state index in [9.17, 15) is 14.4 Å². The minimum Gasteiger partial charge on any atom is -0.477 e. The van der Waals surface area contributed by atoms with Gasteiger partial charge in [0, 0.05) is 12.7 Å². The van der Waals surface area contributed by atoms with E-state index in [0.717, 1.165) is 4.57 Å². The van der Waals surface area contributed by atoms with Gasteiger partial charge in [-0.3, -0.25) is 14.2 Å². The van der Waals surface area contributed by atoms with Crippen LogP contribution in [0.2, 0.25) is 0 Å². The lowest BCUT2D eigenvalue weighted by atomic mass is 10.4. The van der Waals surface area contributed by atoms with Crippen LogP contribution in [0.25, 0.3) is 0 Å². The van der Waals surface area contributed by atoms with Crippen molar-refractivity contribution in [3.8, 4) is 0 Å². The first-order chi connectivity index (χ1) is 6.97. The number of nitrogens with zero attached hydrogens (tertiary/aromatic N) is 1. The number of aromatic nitrogens is 1. The van der Waals surface area contributed by atoms with Gasteiger partial charge in [0.1, 0.15) is 11.4 Å². The van der Waals surface area contributed by atoms with Gasteiger partial charge < -0.3 is 10.4 Å². The fourth-order valence-electron chi connectivity index (χ4n) is 1.08. The average molecular weight is 230 g/mol. The van der Waals surface area contributed by atoms with Gasteiger partial charge in [0.25, 0.3) is 0 Å². The molecule has 7 heteroatoms. The molecular weight excluding hydrogens is 220 g/mol. The number of carboxylic acid groups (broad SMARTS) is 1. The fraction of sp³-hybridized carbons (Fsp3) is 0.375. The first-order valence-corrected chi connectivity index (χ1v) is 4.93. The summed E-state index contributed by atoms with van der Waals surface area (Å²) in [6.07, 6.45) is 0. The maximum atomic E-state index is 11.4. The highest BCUT2D eigenvalue weighted by Gasteiger charge is 2.17. The smallest absolute Gasteiger partial charge is 0.347 e. The maximum Gasteiger partial charge on any atom is 0.347 e. The van der Waals surface area contributed by atoms with E-state index >= 15 is 0 Å². The lowest BCUT2D eigenvalue weighted by Gasteiger charge is -2.02. The predicted octanol–water partition coefficient (Wildman–Crippen LogP) is -0.338. The topological polar surface area (TPSA) is 88.4 Å². The van der Waals surface area contributed by atoms with Crippen molar-refractivity contribution in [2.24, 2.45) is 0 Å². The highest BCUT2D eigenvalue weighted by Crippen LogP contribution is 2.10. The van der Waals surface area contributed by atoms with Gasteiger partial charge in [-0.25, -0.2) is 4.79 Å². The molecule has 0 spiro atoms. The molecule has 0 fully saturated rings. The number of nitrogens with one attached hydrogen (secondary N) is 1. The molecule has 1 aromatic heterocycles.